The molecule has 0 aromatic heterocycles. The topological polar surface area (TPSA) is 12.0 Å². The zero-order valence-corrected chi connectivity index (χ0v) is 10.9. The molecule has 0 unspecified atom stereocenters. The molecule has 0 amide bonds. The van der Waals surface area contributed by atoms with Crippen molar-refractivity contribution in [2.45, 2.75) is 44.9 Å². The van der Waals surface area contributed by atoms with Crippen molar-refractivity contribution in [3.8, 4) is 0 Å². The van der Waals surface area contributed by atoms with Gasteiger partial charge in [-0.2, -0.15) is 0 Å². The standard InChI is InChI=1S/C15H22FN/c1-3-6-15(7-9-17-10-8-15)14-5-4-13(16)11-12(14)2/h4-5,11,17H,3,6-10H2,1-2H3. The van der Waals surface area contributed by atoms with E-state index in [2.05, 4.69) is 12.2 Å². The van der Waals surface area contributed by atoms with E-state index in [-0.39, 0.29) is 11.2 Å². The van der Waals surface area contributed by atoms with Crippen molar-refractivity contribution in [2.75, 3.05) is 13.1 Å². The molecule has 0 radical (unpaired) electrons. The van der Waals surface area contributed by atoms with E-state index in [1.165, 1.54) is 31.2 Å². The Kier molecular flexibility index (Phi) is 3.82. The van der Waals surface area contributed by atoms with Crippen molar-refractivity contribution in [3.63, 3.8) is 0 Å². The third-order valence-electron chi connectivity index (χ3n) is 4.05. The van der Waals surface area contributed by atoms with Gasteiger partial charge in [0, 0.05) is 0 Å². The maximum absolute atomic E-state index is 13.2. The maximum atomic E-state index is 13.2. The second-order valence-corrected chi connectivity index (χ2v) is 5.24. The van der Waals surface area contributed by atoms with Crippen molar-refractivity contribution in [3.05, 3.63) is 35.1 Å². The van der Waals surface area contributed by atoms with E-state index in [1.54, 1.807) is 12.1 Å². The molecule has 0 spiro atoms. The highest BCUT2D eigenvalue weighted by Crippen LogP contribution is 2.39. The van der Waals surface area contributed by atoms with Crippen LogP contribution >= 0.6 is 0 Å². The summed E-state index contributed by atoms with van der Waals surface area (Å²) >= 11 is 0. The lowest BCUT2D eigenvalue weighted by molar-refractivity contribution is 0.284. The van der Waals surface area contributed by atoms with Gasteiger partial charge in [-0.1, -0.05) is 19.4 Å². The highest BCUT2D eigenvalue weighted by molar-refractivity contribution is 5.34. The average Bonchev–Trinajstić information content (AvgIpc) is 2.30. The van der Waals surface area contributed by atoms with Gasteiger partial charge in [0.05, 0.1) is 0 Å². The molecule has 0 aliphatic carbocycles. The normalized spacial score (nSPS) is 19.2. The summed E-state index contributed by atoms with van der Waals surface area (Å²) in [6, 6.07) is 5.29. The summed E-state index contributed by atoms with van der Waals surface area (Å²) in [6.45, 7) is 6.44. The van der Waals surface area contributed by atoms with E-state index in [4.69, 9.17) is 0 Å². The van der Waals surface area contributed by atoms with Crippen molar-refractivity contribution in [2.24, 2.45) is 0 Å². The molecule has 1 heterocycles. The largest absolute Gasteiger partial charge is 0.317 e. The summed E-state index contributed by atoms with van der Waals surface area (Å²) in [5, 5.41) is 3.42. The molecule has 1 nitrogen and oxygen atoms in total. The van der Waals surface area contributed by atoms with Gasteiger partial charge in [-0.3, -0.25) is 0 Å². The summed E-state index contributed by atoms with van der Waals surface area (Å²) in [4.78, 5) is 0. The van der Waals surface area contributed by atoms with Crippen LogP contribution in [0.1, 0.15) is 43.7 Å². The molecule has 1 aromatic rings. The molecule has 1 N–H and O–H groups in total. The zero-order valence-electron chi connectivity index (χ0n) is 10.9. The van der Waals surface area contributed by atoms with E-state index in [0.29, 0.717) is 0 Å². The number of aryl methyl sites for hydroxylation is 1. The fraction of sp³-hybridized carbons (Fsp3) is 0.600. The minimum atomic E-state index is -0.119. The Labute approximate surface area is 103 Å². The van der Waals surface area contributed by atoms with E-state index in [0.717, 1.165) is 18.7 Å². The monoisotopic (exact) mass is 235 g/mol. The Morgan fingerprint density at radius 2 is 2.00 bits per heavy atom. The number of piperidine rings is 1. The van der Waals surface area contributed by atoms with Crippen LogP contribution in [0.15, 0.2) is 18.2 Å². The summed E-state index contributed by atoms with van der Waals surface area (Å²) in [5.41, 5.74) is 2.75. The molecule has 0 bridgehead atoms. The van der Waals surface area contributed by atoms with Crippen LogP contribution in [0, 0.1) is 12.7 Å². The fourth-order valence-electron chi connectivity index (χ4n) is 3.26. The summed E-state index contributed by atoms with van der Waals surface area (Å²) < 4.78 is 13.2. The Morgan fingerprint density at radius 1 is 1.29 bits per heavy atom. The van der Waals surface area contributed by atoms with Gasteiger partial charge in [0.25, 0.3) is 0 Å². The van der Waals surface area contributed by atoms with Gasteiger partial charge < -0.3 is 5.32 Å². The van der Waals surface area contributed by atoms with Crippen molar-refractivity contribution in [1.29, 1.82) is 0 Å². The first-order valence-electron chi connectivity index (χ1n) is 6.65. The fourth-order valence-corrected chi connectivity index (χ4v) is 3.26. The lowest BCUT2D eigenvalue weighted by atomic mass is 9.69. The molecule has 1 fully saturated rings. The number of rotatable bonds is 3. The molecule has 1 aromatic carbocycles. The van der Waals surface area contributed by atoms with Crippen LogP contribution in [0.5, 0.6) is 0 Å². The first kappa shape index (κ1) is 12.6. The molecule has 1 aliphatic heterocycles. The molecule has 0 saturated carbocycles. The first-order valence-corrected chi connectivity index (χ1v) is 6.65. The average molecular weight is 235 g/mol. The van der Waals surface area contributed by atoms with Crippen LogP contribution in [0.25, 0.3) is 0 Å². The van der Waals surface area contributed by atoms with Crippen molar-refractivity contribution in [1.82, 2.24) is 5.32 Å². The molecule has 94 valence electrons. The Balaban J connectivity index is 2.37. The Morgan fingerprint density at radius 3 is 2.59 bits per heavy atom. The lowest BCUT2D eigenvalue weighted by Gasteiger charge is -2.39. The Hall–Kier alpha value is -0.890. The molecule has 1 aliphatic rings. The molecule has 1 saturated heterocycles. The minimum Gasteiger partial charge on any atom is -0.317 e. The quantitative estimate of drug-likeness (QED) is 0.844. The van der Waals surface area contributed by atoms with Crippen molar-refractivity contribution < 1.29 is 4.39 Å². The van der Waals surface area contributed by atoms with E-state index < -0.39 is 0 Å². The van der Waals surface area contributed by atoms with Gasteiger partial charge in [-0.15, -0.1) is 0 Å². The molecule has 2 rings (SSSR count). The van der Waals surface area contributed by atoms with Crippen LogP contribution in [0.3, 0.4) is 0 Å². The number of nitrogens with one attached hydrogen (secondary N) is 1. The van der Waals surface area contributed by atoms with E-state index >= 15 is 0 Å². The number of hydrogen-bond donors (Lipinski definition) is 1. The molecule has 2 heteroatoms. The number of benzene rings is 1. The predicted octanol–water partition coefficient (Wildman–Crippen LogP) is 3.56. The predicted molar refractivity (Wildman–Crippen MR) is 69.8 cm³/mol. The smallest absolute Gasteiger partial charge is 0.123 e. The number of hydrogen-bond acceptors (Lipinski definition) is 1. The van der Waals surface area contributed by atoms with Crippen LogP contribution in [0.4, 0.5) is 4.39 Å². The molecule has 17 heavy (non-hydrogen) atoms. The zero-order chi connectivity index (χ0) is 12.3. The Bertz CT molecular complexity index is 375. The van der Waals surface area contributed by atoms with Crippen LogP contribution in [-0.4, -0.2) is 13.1 Å². The second kappa shape index (κ2) is 5.18. The molecule has 0 atom stereocenters. The van der Waals surface area contributed by atoms with Crippen LogP contribution in [0.2, 0.25) is 0 Å². The van der Waals surface area contributed by atoms with Gasteiger partial charge in [-0.05, 0) is 68.0 Å². The third kappa shape index (κ3) is 2.52. The highest BCUT2D eigenvalue weighted by Gasteiger charge is 2.33. The van der Waals surface area contributed by atoms with E-state index in [1.807, 2.05) is 13.0 Å². The maximum Gasteiger partial charge on any atom is 0.123 e. The SMILES string of the molecule is CCCC1(c2ccc(F)cc2C)CCNCC1. The highest BCUT2D eigenvalue weighted by atomic mass is 19.1. The van der Waals surface area contributed by atoms with Crippen LogP contribution in [-0.2, 0) is 5.41 Å². The lowest BCUT2D eigenvalue weighted by Crippen LogP contribution is -2.40. The minimum absolute atomic E-state index is 0.119. The molecular formula is C15H22FN. The molecular weight excluding hydrogens is 213 g/mol. The first-order chi connectivity index (χ1) is 8.18. The van der Waals surface area contributed by atoms with Gasteiger partial charge in [-0.25, -0.2) is 4.39 Å². The summed E-state index contributed by atoms with van der Waals surface area (Å²) in [7, 11) is 0. The van der Waals surface area contributed by atoms with E-state index in [9.17, 15) is 4.39 Å². The summed E-state index contributed by atoms with van der Waals surface area (Å²) in [5.74, 6) is -0.119. The van der Waals surface area contributed by atoms with Gasteiger partial charge >= 0.3 is 0 Å². The summed E-state index contributed by atoms with van der Waals surface area (Å²) in [6.07, 6.45) is 4.75. The van der Waals surface area contributed by atoms with Gasteiger partial charge in [0.1, 0.15) is 5.82 Å². The third-order valence-corrected chi connectivity index (χ3v) is 4.05. The van der Waals surface area contributed by atoms with Crippen LogP contribution < -0.4 is 5.32 Å². The van der Waals surface area contributed by atoms with Gasteiger partial charge in [0.2, 0.25) is 0 Å². The van der Waals surface area contributed by atoms with Crippen molar-refractivity contribution >= 4 is 0 Å². The second-order valence-electron chi connectivity index (χ2n) is 5.24. The number of halogens is 1. The van der Waals surface area contributed by atoms with Gasteiger partial charge in [0.15, 0.2) is 0 Å².